The van der Waals surface area contributed by atoms with Crippen molar-refractivity contribution in [2.45, 2.75) is 65.1 Å². The van der Waals surface area contributed by atoms with E-state index in [-0.39, 0.29) is 30.6 Å². The van der Waals surface area contributed by atoms with E-state index in [0.29, 0.717) is 6.54 Å². The number of piperazine rings is 1. The first-order valence-corrected chi connectivity index (χ1v) is 17.9. The zero-order valence-electron chi connectivity index (χ0n) is 29.7. The molecule has 0 saturated carbocycles. The number of aliphatic hydroxyl groups excluding tert-OH is 1. The van der Waals surface area contributed by atoms with Gasteiger partial charge in [-0.05, 0) is 46.4 Å². The highest BCUT2D eigenvalue weighted by atomic mass is 16.7. The second-order valence-corrected chi connectivity index (χ2v) is 13.7. The van der Waals surface area contributed by atoms with Crippen molar-refractivity contribution < 1.29 is 28.9 Å². The first kappa shape index (κ1) is 36.4. The summed E-state index contributed by atoms with van der Waals surface area (Å²) in [6, 6.07) is 35.0. The third-order valence-electron chi connectivity index (χ3n) is 9.90. The van der Waals surface area contributed by atoms with E-state index in [2.05, 4.69) is 88.8 Å². The van der Waals surface area contributed by atoms with Crippen LogP contribution in [0.2, 0.25) is 0 Å². The van der Waals surface area contributed by atoms with Gasteiger partial charge in [0.1, 0.15) is 0 Å². The molecule has 51 heavy (non-hydrogen) atoms. The van der Waals surface area contributed by atoms with Gasteiger partial charge in [0.2, 0.25) is 0 Å². The van der Waals surface area contributed by atoms with Crippen molar-refractivity contribution in [3.05, 3.63) is 131 Å². The van der Waals surface area contributed by atoms with E-state index in [0.717, 1.165) is 72.6 Å². The van der Waals surface area contributed by atoms with Crippen LogP contribution in [0.25, 0.3) is 11.1 Å². The van der Waals surface area contributed by atoms with Crippen molar-refractivity contribution in [3.8, 4) is 11.1 Å². The number of esters is 1. The summed E-state index contributed by atoms with van der Waals surface area (Å²) >= 11 is 0. The Labute approximate surface area is 301 Å². The lowest BCUT2D eigenvalue weighted by Crippen LogP contribution is -2.51. The Bertz CT molecular complexity index is 1720. The van der Waals surface area contributed by atoms with Crippen LogP contribution >= 0.6 is 0 Å². The van der Waals surface area contributed by atoms with Gasteiger partial charge >= 0.3 is 5.97 Å². The van der Waals surface area contributed by atoms with Gasteiger partial charge in [0.05, 0.1) is 18.8 Å². The summed E-state index contributed by atoms with van der Waals surface area (Å²) in [5.74, 6) is -0.714. The minimum Gasteiger partial charge on any atom is -0.453 e. The fourth-order valence-electron chi connectivity index (χ4n) is 6.88. The van der Waals surface area contributed by atoms with Crippen LogP contribution in [-0.4, -0.2) is 71.7 Å². The van der Waals surface area contributed by atoms with Crippen LogP contribution in [0.3, 0.4) is 0 Å². The fraction of sp³-hybridized carbons (Fsp3) is 0.381. The normalized spacial score (nSPS) is 21.9. The van der Waals surface area contributed by atoms with E-state index in [1.165, 1.54) is 12.5 Å². The van der Waals surface area contributed by atoms with Crippen LogP contribution in [0.1, 0.15) is 61.0 Å². The first-order chi connectivity index (χ1) is 24.7. The highest BCUT2D eigenvalue weighted by molar-refractivity contribution is 5.82. The highest BCUT2D eigenvalue weighted by Gasteiger charge is 2.39. The number of carbonyl (C=O) groups excluding carboxylic acids is 2. The molecular weight excluding hydrogens is 642 g/mol. The predicted molar refractivity (Wildman–Crippen MR) is 196 cm³/mol. The molecular formula is C42H49N3O6. The third-order valence-corrected chi connectivity index (χ3v) is 9.90. The maximum absolute atomic E-state index is 12.3. The molecule has 0 spiro atoms. The fourth-order valence-corrected chi connectivity index (χ4v) is 6.88. The molecule has 9 heteroatoms. The van der Waals surface area contributed by atoms with Crippen LogP contribution < -0.4 is 5.32 Å². The molecule has 0 aliphatic carbocycles. The maximum Gasteiger partial charge on any atom is 0.303 e. The van der Waals surface area contributed by atoms with Gasteiger partial charge in [-0.1, -0.05) is 104 Å². The molecule has 4 aromatic rings. The Kier molecular flexibility index (Phi) is 12.3. The van der Waals surface area contributed by atoms with Gasteiger partial charge in [-0.25, -0.2) is 0 Å². The number of ether oxygens (including phenoxy) is 3. The van der Waals surface area contributed by atoms with E-state index in [1.807, 2.05) is 36.4 Å². The Balaban J connectivity index is 1.13. The van der Waals surface area contributed by atoms with E-state index in [1.54, 1.807) is 6.92 Å². The molecule has 1 amide bonds. The second kappa shape index (κ2) is 17.2. The number of benzene rings is 4. The topological polar surface area (TPSA) is 101 Å². The molecule has 9 nitrogen and oxygen atoms in total. The van der Waals surface area contributed by atoms with Crippen molar-refractivity contribution in [1.29, 1.82) is 0 Å². The molecule has 2 aliphatic rings. The van der Waals surface area contributed by atoms with Crippen molar-refractivity contribution in [1.82, 2.24) is 15.1 Å². The number of carbonyl (C=O) groups is 2. The number of amides is 1. The number of hydrogen-bond donors (Lipinski definition) is 2. The third kappa shape index (κ3) is 9.70. The predicted octanol–water partition coefficient (Wildman–Crippen LogP) is 6.02. The van der Waals surface area contributed by atoms with Gasteiger partial charge in [0.15, 0.2) is 12.4 Å². The maximum atomic E-state index is 12.3. The second-order valence-electron chi connectivity index (χ2n) is 13.7. The zero-order valence-corrected chi connectivity index (χ0v) is 29.7. The van der Waals surface area contributed by atoms with Gasteiger partial charge in [-0.3, -0.25) is 19.4 Å². The molecule has 5 atom stereocenters. The SMILES string of the molecule is CC(=O)O[C@@H](C)C(=O)NCc1cccc(-c2ccc([C@H]3O[C@@H](CN4CCN(Cc5ccccc5)CC4)[C@@H](C)[C@@H](c4ccc(CO)cc4)O3)cc2)c1. The minimum absolute atomic E-state index is 0.00511. The van der Waals surface area contributed by atoms with E-state index in [4.69, 9.17) is 14.2 Å². The molecule has 2 saturated heterocycles. The lowest BCUT2D eigenvalue weighted by Gasteiger charge is -2.44. The largest absolute Gasteiger partial charge is 0.453 e. The van der Waals surface area contributed by atoms with Gasteiger partial charge in [-0.15, -0.1) is 0 Å². The first-order valence-electron chi connectivity index (χ1n) is 17.9. The minimum atomic E-state index is -0.848. The smallest absolute Gasteiger partial charge is 0.303 e. The molecule has 0 bridgehead atoms. The van der Waals surface area contributed by atoms with Crippen molar-refractivity contribution in [2.24, 2.45) is 5.92 Å². The summed E-state index contributed by atoms with van der Waals surface area (Å²) in [6.07, 6.45) is -1.60. The molecule has 0 aromatic heterocycles. The Morgan fingerprint density at radius 1 is 0.804 bits per heavy atom. The Morgan fingerprint density at radius 3 is 2.16 bits per heavy atom. The van der Waals surface area contributed by atoms with Crippen LogP contribution in [-0.2, 0) is 43.5 Å². The molecule has 268 valence electrons. The van der Waals surface area contributed by atoms with Gasteiger partial charge in [0.25, 0.3) is 5.91 Å². The van der Waals surface area contributed by atoms with Crippen LogP contribution in [0.5, 0.6) is 0 Å². The molecule has 2 fully saturated rings. The summed E-state index contributed by atoms with van der Waals surface area (Å²) in [7, 11) is 0. The molecule has 0 unspecified atom stereocenters. The van der Waals surface area contributed by atoms with E-state index in [9.17, 15) is 14.7 Å². The summed E-state index contributed by atoms with van der Waals surface area (Å²) < 4.78 is 18.5. The van der Waals surface area contributed by atoms with Crippen molar-refractivity contribution in [2.75, 3.05) is 32.7 Å². The zero-order chi connectivity index (χ0) is 35.7. The standard InChI is InChI=1S/C42H49N3O6/c1-29-39(27-45-22-20-44(21-23-45)26-32-8-5-4-6-9-32)50-42(51-40(29)36-14-12-33(28-46)13-15-36)37-18-16-35(17-19-37)38-11-7-10-34(24-38)25-43-41(48)30(2)49-31(3)47/h4-19,24,29-30,39-40,42,46H,20-23,25-28H2,1-3H3,(H,43,48)/t29-,30+,39+,40+,42+/m1/s1. The van der Waals surface area contributed by atoms with Crippen LogP contribution in [0, 0.1) is 5.92 Å². The van der Waals surface area contributed by atoms with Gasteiger partial charge < -0.3 is 24.6 Å². The molecule has 2 N–H and O–H groups in total. The van der Waals surface area contributed by atoms with Gasteiger partial charge in [-0.2, -0.15) is 0 Å². The quantitative estimate of drug-likeness (QED) is 0.174. The number of nitrogens with one attached hydrogen (secondary N) is 1. The van der Waals surface area contributed by atoms with Crippen molar-refractivity contribution >= 4 is 11.9 Å². The van der Waals surface area contributed by atoms with E-state index >= 15 is 0 Å². The Hall–Kier alpha value is -4.38. The molecule has 2 heterocycles. The van der Waals surface area contributed by atoms with Crippen LogP contribution in [0.4, 0.5) is 0 Å². The number of rotatable bonds is 12. The number of aliphatic hydroxyl groups is 1. The molecule has 6 rings (SSSR count). The van der Waals surface area contributed by atoms with Crippen LogP contribution in [0.15, 0.2) is 103 Å². The average molecular weight is 692 g/mol. The summed E-state index contributed by atoms with van der Waals surface area (Å²) in [5.41, 5.74) is 7.24. The van der Waals surface area contributed by atoms with Crippen molar-refractivity contribution in [3.63, 3.8) is 0 Å². The summed E-state index contributed by atoms with van der Waals surface area (Å²) in [6.45, 7) is 11.2. The number of hydrogen-bond acceptors (Lipinski definition) is 8. The molecule has 0 radical (unpaired) electrons. The Morgan fingerprint density at radius 2 is 1.47 bits per heavy atom. The lowest BCUT2D eigenvalue weighted by atomic mass is 9.89. The molecule has 2 aliphatic heterocycles. The molecule has 4 aromatic carbocycles. The van der Waals surface area contributed by atoms with Gasteiger partial charge in [0, 0.05) is 64.2 Å². The number of nitrogens with zero attached hydrogens (tertiary/aromatic N) is 2. The monoisotopic (exact) mass is 691 g/mol. The average Bonchev–Trinajstić information content (AvgIpc) is 3.16. The summed E-state index contributed by atoms with van der Waals surface area (Å²) in [4.78, 5) is 28.6. The van der Waals surface area contributed by atoms with E-state index < -0.39 is 18.4 Å². The lowest BCUT2D eigenvalue weighted by molar-refractivity contribution is -0.276. The summed E-state index contributed by atoms with van der Waals surface area (Å²) in [5, 5.41) is 12.5. The highest BCUT2D eigenvalue weighted by Crippen LogP contribution is 2.42.